The van der Waals surface area contributed by atoms with Gasteiger partial charge in [0.05, 0.1) is 0 Å². The number of rotatable bonds is 2. The average molecular weight is 233 g/mol. The third-order valence-electron chi connectivity index (χ3n) is 3.18. The normalized spacial score (nSPS) is 10.8. The summed E-state index contributed by atoms with van der Waals surface area (Å²) < 4.78 is 0. The number of phenolic OH excluding ortho intramolecular Hbond substituents is 1. The van der Waals surface area contributed by atoms with Crippen molar-refractivity contribution >= 4 is 12.0 Å². The van der Waals surface area contributed by atoms with Crippen LogP contribution in [0, 0.1) is 32.6 Å². The fourth-order valence-corrected chi connectivity index (χ4v) is 1.71. The molecule has 0 spiro atoms. The molecule has 0 aliphatic carbocycles. The van der Waals surface area contributed by atoms with E-state index >= 15 is 0 Å². The number of aromatic hydroxyl groups is 1. The lowest BCUT2D eigenvalue weighted by Crippen LogP contribution is -1.96. The Bertz CT molecular complexity index is 487. The Hall–Kier alpha value is -1.97. The molecule has 0 aliphatic heterocycles. The fraction of sp³-hybridized carbons (Fsp3) is 0.308. The molecular formula is C13H15NO3. The summed E-state index contributed by atoms with van der Waals surface area (Å²) in [4.78, 5) is 20.8. The first kappa shape index (κ1) is 13.1. The topological polar surface area (TPSA) is 66.7 Å². The third kappa shape index (κ3) is 2.41. The lowest BCUT2D eigenvalue weighted by molar-refractivity contribution is -0.113. The van der Waals surface area contributed by atoms with E-state index in [-0.39, 0.29) is 5.75 Å². The van der Waals surface area contributed by atoms with Gasteiger partial charge in [-0.1, -0.05) is 0 Å². The van der Waals surface area contributed by atoms with E-state index in [0.29, 0.717) is 5.56 Å². The van der Waals surface area contributed by atoms with Crippen molar-refractivity contribution in [2.75, 3.05) is 0 Å². The highest BCUT2D eigenvalue weighted by molar-refractivity contribution is 5.93. The molecule has 17 heavy (non-hydrogen) atoms. The van der Waals surface area contributed by atoms with Gasteiger partial charge in [-0.2, -0.15) is 0 Å². The van der Waals surface area contributed by atoms with Crippen molar-refractivity contribution in [1.82, 2.24) is 0 Å². The van der Waals surface area contributed by atoms with Crippen LogP contribution in [0.3, 0.4) is 0 Å². The van der Waals surface area contributed by atoms with Gasteiger partial charge in [0.25, 0.3) is 0 Å². The monoisotopic (exact) mass is 233 g/mol. The predicted molar refractivity (Wildman–Crippen MR) is 66.9 cm³/mol. The summed E-state index contributed by atoms with van der Waals surface area (Å²) in [7, 11) is 0. The van der Waals surface area contributed by atoms with Crippen molar-refractivity contribution in [2.24, 2.45) is 5.18 Å². The Kier molecular flexibility index (Phi) is 3.78. The molecule has 1 aromatic carbocycles. The van der Waals surface area contributed by atoms with Gasteiger partial charge in [-0.05, 0) is 56.0 Å². The van der Waals surface area contributed by atoms with Gasteiger partial charge < -0.3 is 5.11 Å². The molecule has 0 bridgehead atoms. The van der Waals surface area contributed by atoms with Gasteiger partial charge in [0.1, 0.15) is 5.75 Å². The van der Waals surface area contributed by atoms with Gasteiger partial charge in [-0.15, -0.1) is 4.91 Å². The van der Waals surface area contributed by atoms with E-state index in [1.165, 1.54) is 6.08 Å². The Morgan fingerprint density at radius 1 is 1.06 bits per heavy atom. The first-order valence-electron chi connectivity index (χ1n) is 5.24. The van der Waals surface area contributed by atoms with E-state index < -0.39 is 5.91 Å². The summed E-state index contributed by atoms with van der Waals surface area (Å²) in [6, 6.07) is 0. The Morgan fingerprint density at radius 3 is 2.12 bits per heavy atom. The zero-order valence-corrected chi connectivity index (χ0v) is 10.4. The van der Waals surface area contributed by atoms with E-state index in [1.54, 1.807) is 0 Å². The van der Waals surface area contributed by atoms with Crippen LogP contribution in [-0.4, -0.2) is 11.0 Å². The minimum Gasteiger partial charge on any atom is -0.507 e. The highest BCUT2D eigenvalue weighted by Crippen LogP contribution is 2.32. The van der Waals surface area contributed by atoms with Crippen LogP contribution < -0.4 is 0 Å². The molecule has 4 nitrogen and oxygen atoms in total. The van der Waals surface area contributed by atoms with Gasteiger partial charge in [0.2, 0.25) is 0 Å². The van der Waals surface area contributed by atoms with E-state index in [2.05, 4.69) is 5.18 Å². The molecule has 0 saturated heterocycles. The molecule has 1 amide bonds. The molecule has 1 rings (SSSR count). The number of hydrogen-bond donors (Lipinski definition) is 1. The van der Waals surface area contributed by atoms with Crippen LogP contribution in [0.5, 0.6) is 5.75 Å². The number of nitroso groups, excluding NO2 is 1. The number of carbonyl (C=O) groups is 1. The molecule has 0 radical (unpaired) electrons. The third-order valence-corrected chi connectivity index (χ3v) is 3.18. The molecule has 0 fully saturated rings. The number of hydrogen-bond acceptors (Lipinski definition) is 3. The standard InChI is InChI=1S/C13H15NO3/c1-7-8(2)10(4)13(16)11(9(7)3)5-6-12(15)14-17/h5-6,16H,1-4H3/b6-5+. The molecular weight excluding hydrogens is 218 g/mol. The second-order valence-corrected chi connectivity index (χ2v) is 4.03. The SMILES string of the molecule is Cc1c(C)c(C)c(/C=C/C(=O)N=O)c(O)c1C. The van der Waals surface area contributed by atoms with Gasteiger partial charge in [-0.25, -0.2) is 0 Å². The van der Waals surface area contributed by atoms with Gasteiger partial charge >= 0.3 is 5.91 Å². The van der Waals surface area contributed by atoms with Crippen molar-refractivity contribution in [3.05, 3.63) is 38.8 Å². The molecule has 4 heteroatoms. The van der Waals surface area contributed by atoms with Crippen LogP contribution >= 0.6 is 0 Å². The van der Waals surface area contributed by atoms with Crippen LogP contribution in [0.1, 0.15) is 27.8 Å². The highest BCUT2D eigenvalue weighted by Gasteiger charge is 2.12. The van der Waals surface area contributed by atoms with Gasteiger partial charge in [0.15, 0.2) is 0 Å². The van der Waals surface area contributed by atoms with E-state index in [4.69, 9.17) is 0 Å². The summed E-state index contributed by atoms with van der Waals surface area (Å²) in [5, 5.41) is 12.3. The van der Waals surface area contributed by atoms with Crippen LogP contribution in [0.25, 0.3) is 6.08 Å². The second kappa shape index (κ2) is 4.91. The number of phenols is 1. The maximum atomic E-state index is 10.8. The molecule has 0 unspecified atom stereocenters. The number of nitrogens with zero attached hydrogens (tertiary/aromatic N) is 1. The molecule has 0 aliphatic rings. The second-order valence-electron chi connectivity index (χ2n) is 4.03. The summed E-state index contributed by atoms with van der Waals surface area (Å²) >= 11 is 0. The lowest BCUT2D eigenvalue weighted by atomic mass is 9.93. The maximum Gasteiger partial charge on any atom is 0.309 e. The minimum absolute atomic E-state index is 0.139. The van der Waals surface area contributed by atoms with Crippen molar-refractivity contribution in [3.63, 3.8) is 0 Å². The summed E-state index contributed by atoms with van der Waals surface area (Å²) in [6.45, 7) is 7.56. The van der Waals surface area contributed by atoms with E-state index in [0.717, 1.165) is 28.3 Å². The predicted octanol–water partition coefficient (Wildman–Crippen LogP) is 2.93. The maximum absolute atomic E-state index is 10.8. The number of amides is 1. The van der Waals surface area contributed by atoms with E-state index in [1.807, 2.05) is 27.7 Å². The average Bonchev–Trinajstić information content (AvgIpc) is 2.33. The molecule has 1 N–H and O–H groups in total. The number of carbonyl (C=O) groups excluding carboxylic acids is 1. The van der Waals surface area contributed by atoms with Gasteiger partial charge in [-0.3, -0.25) is 4.79 Å². The van der Waals surface area contributed by atoms with Crippen molar-refractivity contribution in [1.29, 1.82) is 0 Å². The summed E-state index contributed by atoms with van der Waals surface area (Å²) in [5.41, 5.74) is 4.31. The Morgan fingerprint density at radius 2 is 1.59 bits per heavy atom. The zero-order chi connectivity index (χ0) is 13.2. The largest absolute Gasteiger partial charge is 0.507 e. The van der Waals surface area contributed by atoms with Crippen LogP contribution in [-0.2, 0) is 4.79 Å². The van der Waals surface area contributed by atoms with Crippen molar-refractivity contribution < 1.29 is 9.90 Å². The van der Waals surface area contributed by atoms with Crippen molar-refractivity contribution in [2.45, 2.75) is 27.7 Å². The molecule has 0 saturated carbocycles. The molecule has 90 valence electrons. The van der Waals surface area contributed by atoms with Gasteiger partial charge in [0, 0.05) is 16.8 Å². The molecule has 1 aromatic rings. The first-order chi connectivity index (χ1) is 7.90. The van der Waals surface area contributed by atoms with Crippen LogP contribution in [0.4, 0.5) is 0 Å². The highest BCUT2D eigenvalue weighted by atomic mass is 16.3. The fourth-order valence-electron chi connectivity index (χ4n) is 1.71. The van der Waals surface area contributed by atoms with E-state index in [9.17, 15) is 14.8 Å². The lowest BCUT2D eigenvalue weighted by Gasteiger charge is -2.14. The molecule has 0 atom stereocenters. The zero-order valence-electron chi connectivity index (χ0n) is 10.4. The molecule has 0 aromatic heterocycles. The molecule has 0 heterocycles. The summed E-state index contributed by atoms with van der Waals surface area (Å²) in [5.74, 6) is -0.722. The number of benzene rings is 1. The summed E-state index contributed by atoms with van der Waals surface area (Å²) in [6.07, 6.45) is 2.48. The Balaban J connectivity index is 3.39. The quantitative estimate of drug-likeness (QED) is 0.630. The van der Waals surface area contributed by atoms with Crippen LogP contribution in [0.2, 0.25) is 0 Å². The Labute approximate surface area is 99.9 Å². The minimum atomic E-state index is -0.861. The van der Waals surface area contributed by atoms with Crippen molar-refractivity contribution in [3.8, 4) is 5.75 Å². The van der Waals surface area contributed by atoms with Crippen LogP contribution in [0.15, 0.2) is 11.3 Å². The first-order valence-corrected chi connectivity index (χ1v) is 5.24. The smallest absolute Gasteiger partial charge is 0.309 e.